The van der Waals surface area contributed by atoms with Crippen molar-refractivity contribution in [1.29, 1.82) is 0 Å². The fourth-order valence-electron chi connectivity index (χ4n) is 0.924. The van der Waals surface area contributed by atoms with Gasteiger partial charge >= 0.3 is 0 Å². The maximum atomic E-state index is 5.83. The average molecular weight is 190 g/mol. The zero-order valence-corrected chi connectivity index (χ0v) is 8.51. The van der Waals surface area contributed by atoms with Gasteiger partial charge in [0.05, 0.1) is 5.69 Å². The summed E-state index contributed by atoms with van der Waals surface area (Å²) in [5.74, 6) is 0. The van der Waals surface area contributed by atoms with E-state index in [2.05, 4.69) is 20.8 Å². The van der Waals surface area contributed by atoms with Crippen molar-refractivity contribution in [2.45, 2.75) is 26.2 Å². The van der Waals surface area contributed by atoms with Gasteiger partial charge in [0.15, 0.2) is 0 Å². The molecule has 0 bridgehead atoms. The standard InChI is InChI=1S/C8H12ClNS/c1-8(2,3)5-4-11-7(9)6(5)10/h4H,10H2,1-3H3. The number of nitrogens with two attached hydrogens (primary N) is 1. The number of halogens is 1. The Morgan fingerprint density at radius 3 is 2.18 bits per heavy atom. The summed E-state index contributed by atoms with van der Waals surface area (Å²) in [5.41, 5.74) is 7.76. The molecule has 1 heterocycles. The van der Waals surface area contributed by atoms with Gasteiger partial charge in [-0.2, -0.15) is 0 Å². The lowest BCUT2D eigenvalue weighted by Gasteiger charge is -2.17. The Morgan fingerprint density at radius 2 is 2.00 bits per heavy atom. The summed E-state index contributed by atoms with van der Waals surface area (Å²) in [4.78, 5) is 0. The molecule has 62 valence electrons. The second-order valence-electron chi connectivity index (χ2n) is 3.59. The first kappa shape index (κ1) is 8.88. The van der Waals surface area contributed by atoms with Gasteiger partial charge < -0.3 is 5.73 Å². The molecule has 0 radical (unpaired) electrons. The molecule has 0 saturated heterocycles. The van der Waals surface area contributed by atoms with Gasteiger partial charge in [0.25, 0.3) is 0 Å². The average Bonchev–Trinajstić information content (AvgIpc) is 2.11. The first-order valence-electron chi connectivity index (χ1n) is 3.46. The van der Waals surface area contributed by atoms with Crippen LogP contribution in [0.25, 0.3) is 0 Å². The van der Waals surface area contributed by atoms with Gasteiger partial charge in [0, 0.05) is 0 Å². The lowest BCUT2D eigenvalue weighted by Crippen LogP contribution is -2.11. The van der Waals surface area contributed by atoms with Crippen LogP contribution in [-0.4, -0.2) is 0 Å². The molecule has 0 aliphatic carbocycles. The van der Waals surface area contributed by atoms with E-state index in [4.69, 9.17) is 17.3 Å². The van der Waals surface area contributed by atoms with E-state index in [1.54, 1.807) is 0 Å². The smallest absolute Gasteiger partial charge is 0.116 e. The molecule has 0 aliphatic rings. The molecule has 11 heavy (non-hydrogen) atoms. The van der Waals surface area contributed by atoms with Crippen molar-refractivity contribution >= 4 is 28.6 Å². The molecule has 1 rings (SSSR count). The monoisotopic (exact) mass is 189 g/mol. The molecule has 1 aromatic heterocycles. The molecule has 0 amide bonds. The molecular weight excluding hydrogens is 178 g/mol. The van der Waals surface area contributed by atoms with Crippen molar-refractivity contribution in [1.82, 2.24) is 0 Å². The van der Waals surface area contributed by atoms with Crippen molar-refractivity contribution in [3.05, 3.63) is 15.3 Å². The van der Waals surface area contributed by atoms with Crippen molar-refractivity contribution in [3.63, 3.8) is 0 Å². The van der Waals surface area contributed by atoms with E-state index in [0.29, 0.717) is 4.34 Å². The lowest BCUT2D eigenvalue weighted by molar-refractivity contribution is 0.595. The van der Waals surface area contributed by atoms with E-state index in [9.17, 15) is 0 Å². The summed E-state index contributed by atoms with van der Waals surface area (Å²) < 4.78 is 0.704. The quantitative estimate of drug-likeness (QED) is 0.666. The second-order valence-corrected chi connectivity index (χ2v) is 5.07. The number of anilines is 1. The van der Waals surface area contributed by atoms with E-state index >= 15 is 0 Å². The summed E-state index contributed by atoms with van der Waals surface area (Å²) in [5, 5.41) is 2.03. The molecule has 2 N–H and O–H groups in total. The maximum absolute atomic E-state index is 5.83. The van der Waals surface area contributed by atoms with Crippen LogP contribution in [0.4, 0.5) is 5.69 Å². The van der Waals surface area contributed by atoms with Crippen LogP contribution in [0.15, 0.2) is 5.38 Å². The molecule has 0 atom stereocenters. The Balaban J connectivity index is 3.15. The molecule has 0 spiro atoms. The van der Waals surface area contributed by atoms with Gasteiger partial charge in [0.1, 0.15) is 4.34 Å². The minimum absolute atomic E-state index is 0.105. The Labute approximate surface area is 76.2 Å². The van der Waals surface area contributed by atoms with Crippen LogP contribution < -0.4 is 5.73 Å². The van der Waals surface area contributed by atoms with Gasteiger partial charge in [0.2, 0.25) is 0 Å². The highest BCUT2D eigenvalue weighted by molar-refractivity contribution is 7.15. The third-order valence-electron chi connectivity index (χ3n) is 1.59. The molecule has 0 unspecified atom stereocenters. The highest BCUT2D eigenvalue weighted by atomic mass is 35.5. The largest absolute Gasteiger partial charge is 0.397 e. The van der Waals surface area contributed by atoms with E-state index in [1.165, 1.54) is 11.3 Å². The predicted molar refractivity (Wildman–Crippen MR) is 52.4 cm³/mol. The van der Waals surface area contributed by atoms with Crippen molar-refractivity contribution < 1.29 is 0 Å². The molecule has 0 aromatic carbocycles. The first-order chi connectivity index (χ1) is 4.93. The minimum atomic E-state index is 0.105. The number of hydrogen-bond donors (Lipinski definition) is 1. The summed E-state index contributed by atoms with van der Waals surface area (Å²) in [7, 11) is 0. The van der Waals surface area contributed by atoms with E-state index in [1.807, 2.05) is 5.38 Å². The molecule has 1 nitrogen and oxygen atoms in total. The lowest BCUT2D eigenvalue weighted by atomic mass is 9.88. The molecule has 0 fully saturated rings. The Bertz CT molecular complexity index is 260. The van der Waals surface area contributed by atoms with Gasteiger partial charge in [-0.25, -0.2) is 0 Å². The number of hydrogen-bond acceptors (Lipinski definition) is 2. The SMILES string of the molecule is CC(C)(C)c1csc(Cl)c1N. The molecule has 0 aliphatic heterocycles. The second kappa shape index (κ2) is 2.68. The molecule has 0 saturated carbocycles. The van der Waals surface area contributed by atoms with Gasteiger partial charge in [-0.1, -0.05) is 32.4 Å². The fraction of sp³-hybridized carbons (Fsp3) is 0.500. The fourth-order valence-corrected chi connectivity index (χ4v) is 2.10. The van der Waals surface area contributed by atoms with Gasteiger partial charge in [-0.15, -0.1) is 11.3 Å². The summed E-state index contributed by atoms with van der Waals surface area (Å²) in [6, 6.07) is 0. The summed E-state index contributed by atoms with van der Waals surface area (Å²) >= 11 is 7.33. The topological polar surface area (TPSA) is 26.0 Å². The Morgan fingerprint density at radius 1 is 1.45 bits per heavy atom. The summed E-state index contributed by atoms with van der Waals surface area (Å²) in [6.45, 7) is 6.38. The Kier molecular flexibility index (Phi) is 2.17. The van der Waals surface area contributed by atoms with Crippen LogP contribution in [0.5, 0.6) is 0 Å². The third kappa shape index (κ3) is 1.68. The highest BCUT2D eigenvalue weighted by Crippen LogP contribution is 2.37. The third-order valence-corrected chi connectivity index (χ3v) is 2.84. The van der Waals surface area contributed by atoms with Gasteiger partial charge in [-0.05, 0) is 16.4 Å². The maximum Gasteiger partial charge on any atom is 0.116 e. The Hall–Kier alpha value is -0.210. The molecule has 1 aromatic rings. The minimum Gasteiger partial charge on any atom is -0.397 e. The predicted octanol–water partition coefficient (Wildman–Crippen LogP) is 3.28. The van der Waals surface area contributed by atoms with Crippen LogP contribution >= 0.6 is 22.9 Å². The number of rotatable bonds is 0. The van der Waals surface area contributed by atoms with E-state index in [-0.39, 0.29) is 5.41 Å². The van der Waals surface area contributed by atoms with Crippen molar-refractivity contribution in [3.8, 4) is 0 Å². The zero-order valence-electron chi connectivity index (χ0n) is 6.94. The van der Waals surface area contributed by atoms with Crippen LogP contribution in [0.3, 0.4) is 0 Å². The van der Waals surface area contributed by atoms with Gasteiger partial charge in [-0.3, -0.25) is 0 Å². The molecule has 3 heteroatoms. The summed E-state index contributed by atoms with van der Waals surface area (Å²) in [6.07, 6.45) is 0. The number of thiophene rings is 1. The van der Waals surface area contributed by atoms with Crippen molar-refractivity contribution in [2.75, 3.05) is 5.73 Å². The van der Waals surface area contributed by atoms with Crippen molar-refractivity contribution in [2.24, 2.45) is 0 Å². The first-order valence-corrected chi connectivity index (χ1v) is 4.71. The van der Waals surface area contributed by atoms with Crippen LogP contribution in [-0.2, 0) is 5.41 Å². The highest BCUT2D eigenvalue weighted by Gasteiger charge is 2.19. The van der Waals surface area contributed by atoms with E-state index in [0.717, 1.165) is 11.3 Å². The normalized spacial score (nSPS) is 12.0. The number of nitrogen functional groups attached to an aromatic ring is 1. The van der Waals surface area contributed by atoms with Crippen LogP contribution in [0, 0.1) is 0 Å². The van der Waals surface area contributed by atoms with Crippen LogP contribution in [0.2, 0.25) is 4.34 Å². The van der Waals surface area contributed by atoms with E-state index < -0.39 is 0 Å². The molecular formula is C8H12ClNS. The zero-order chi connectivity index (χ0) is 8.65. The van der Waals surface area contributed by atoms with Crippen LogP contribution in [0.1, 0.15) is 26.3 Å².